The van der Waals surface area contributed by atoms with Crippen LogP contribution in [0.5, 0.6) is 0 Å². The first kappa shape index (κ1) is 15.3. The third kappa shape index (κ3) is 3.70. The second-order valence-corrected chi connectivity index (χ2v) is 5.32. The molecule has 0 saturated heterocycles. The Hall–Kier alpha value is -2.13. The molecule has 0 aliphatic heterocycles. The summed E-state index contributed by atoms with van der Waals surface area (Å²) in [6, 6.07) is 12.3. The lowest BCUT2D eigenvalue weighted by molar-refractivity contribution is -0.137. The molecule has 108 valence electrons. The molecule has 0 aliphatic carbocycles. The number of hydrogen-bond donors (Lipinski definition) is 1. The molecule has 0 spiro atoms. The number of halogens is 3. The summed E-state index contributed by atoms with van der Waals surface area (Å²) in [5.41, 5.74) is 0.502. The molecule has 0 fully saturated rings. The van der Waals surface area contributed by atoms with Crippen LogP contribution in [0.2, 0.25) is 0 Å². The van der Waals surface area contributed by atoms with E-state index in [-0.39, 0.29) is 0 Å². The van der Waals surface area contributed by atoms with Crippen molar-refractivity contribution in [3.63, 3.8) is 0 Å². The number of hydrogen-bond acceptors (Lipinski definition) is 3. The van der Waals surface area contributed by atoms with Gasteiger partial charge in [-0.2, -0.15) is 18.4 Å². The third-order valence-electron chi connectivity index (χ3n) is 2.78. The Labute approximate surface area is 124 Å². The normalized spacial score (nSPS) is 11.0. The van der Waals surface area contributed by atoms with Crippen molar-refractivity contribution in [2.45, 2.75) is 16.0 Å². The Balaban J connectivity index is 2.33. The first-order chi connectivity index (χ1) is 9.94. The molecule has 2 rings (SSSR count). The Kier molecular flexibility index (Phi) is 4.43. The second-order valence-electron chi connectivity index (χ2n) is 4.20. The van der Waals surface area contributed by atoms with Crippen LogP contribution in [0.1, 0.15) is 11.1 Å². The summed E-state index contributed by atoms with van der Waals surface area (Å²) in [5.74, 6) is 0. The predicted octanol–water partition coefficient (Wildman–Crippen LogP) is 4.77. The van der Waals surface area contributed by atoms with E-state index in [1.807, 2.05) is 0 Å². The lowest BCUT2D eigenvalue weighted by atomic mass is 10.2. The van der Waals surface area contributed by atoms with Crippen LogP contribution in [-0.2, 0) is 6.18 Å². The number of rotatable bonds is 3. The van der Waals surface area contributed by atoms with Crippen molar-refractivity contribution in [3.8, 4) is 6.07 Å². The van der Waals surface area contributed by atoms with Gasteiger partial charge in [-0.25, -0.2) is 0 Å². The van der Waals surface area contributed by atoms with E-state index in [4.69, 9.17) is 5.26 Å². The van der Waals surface area contributed by atoms with Crippen LogP contribution in [-0.4, -0.2) is 7.05 Å². The number of nitrogens with zero attached hydrogens (tertiary/aromatic N) is 1. The highest BCUT2D eigenvalue weighted by molar-refractivity contribution is 7.99. The van der Waals surface area contributed by atoms with Gasteiger partial charge in [0.05, 0.1) is 11.1 Å². The summed E-state index contributed by atoms with van der Waals surface area (Å²) in [5, 5.41) is 12.0. The van der Waals surface area contributed by atoms with Crippen molar-refractivity contribution in [2.75, 3.05) is 12.4 Å². The van der Waals surface area contributed by atoms with Gasteiger partial charge < -0.3 is 5.32 Å². The zero-order valence-corrected chi connectivity index (χ0v) is 11.8. The van der Waals surface area contributed by atoms with Gasteiger partial charge in [-0.05, 0) is 36.4 Å². The second kappa shape index (κ2) is 6.10. The van der Waals surface area contributed by atoms with E-state index in [2.05, 4.69) is 11.4 Å². The van der Waals surface area contributed by atoms with Gasteiger partial charge in [-0.15, -0.1) is 0 Å². The molecule has 1 N–H and O–H groups in total. The molecule has 2 aromatic rings. The van der Waals surface area contributed by atoms with Crippen molar-refractivity contribution in [3.05, 3.63) is 53.6 Å². The minimum Gasteiger partial charge on any atom is -0.388 e. The van der Waals surface area contributed by atoms with Crippen LogP contribution in [0.25, 0.3) is 0 Å². The number of nitriles is 1. The smallest absolute Gasteiger partial charge is 0.388 e. The highest BCUT2D eigenvalue weighted by Crippen LogP contribution is 2.36. The van der Waals surface area contributed by atoms with Crippen LogP contribution in [0.3, 0.4) is 0 Å². The summed E-state index contributed by atoms with van der Waals surface area (Å²) < 4.78 is 38.0. The molecule has 0 aromatic heterocycles. The highest BCUT2D eigenvalue weighted by atomic mass is 32.2. The van der Waals surface area contributed by atoms with Crippen LogP contribution in [0.4, 0.5) is 18.9 Å². The van der Waals surface area contributed by atoms with Crippen molar-refractivity contribution < 1.29 is 13.2 Å². The van der Waals surface area contributed by atoms with E-state index >= 15 is 0 Å². The van der Waals surface area contributed by atoms with Crippen molar-refractivity contribution >= 4 is 17.4 Å². The highest BCUT2D eigenvalue weighted by Gasteiger charge is 2.30. The number of alkyl halides is 3. The SMILES string of the molecule is CNc1ccc(Sc2cccc(C(F)(F)F)c2)c(C#N)c1. The number of anilines is 1. The molecule has 2 nitrogen and oxygen atoms in total. The molecule has 0 bridgehead atoms. The van der Waals surface area contributed by atoms with Crippen molar-refractivity contribution in [1.29, 1.82) is 5.26 Å². The zero-order chi connectivity index (χ0) is 15.5. The summed E-state index contributed by atoms with van der Waals surface area (Å²) >= 11 is 1.14. The van der Waals surface area contributed by atoms with Crippen molar-refractivity contribution in [1.82, 2.24) is 0 Å². The molecule has 6 heteroatoms. The first-order valence-corrected chi connectivity index (χ1v) is 6.82. The van der Waals surface area contributed by atoms with Gasteiger partial charge in [-0.1, -0.05) is 17.8 Å². The number of nitrogens with one attached hydrogen (secondary N) is 1. The minimum atomic E-state index is -4.37. The van der Waals surface area contributed by atoms with Gasteiger partial charge in [0.25, 0.3) is 0 Å². The molecule has 0 amide bonds. The van der Waals surface area contributed by atoms with Crippen LogP contribution >= 0.6 is 11.8 Å². The Bertz CT molecular complexity index is 690. The maximum Gasteiger partial charge on any atom is 0.416 e. The molecule has 0 radical (unpaired) electrons. The van der Waals surface area contributed by atoms with E-state index in [1.165, 1.54) is 6.07 Å². The fourth-order valence-electron chi connectivity index (χ4n) is 1.72. The summed E-state index contributed by atoms with van der Waals surface area (Å²) in [4.78, 5) is 1.06. The van der Waals surface area contributed by atoms with E-state index in [1.54, 1.807) is 31.3 Å². The molecule has 0 unspecified atom stereocenters. The summed E-state index contributed by atoms with van der Waals surface area (Å²) in [7, 11) is 1.73. The van der Waals surface area contributed by atoms with Crippen molar-refractivity contribution in [2.24, 2.45) is 0 Å². The van der Waals surface area contributed by atoms with E-state index in [0.29, 0.717) is 15.4 Å². The molecule has 0 saturated carbocycles. The van der Waals surface area contributed by atoms with Gasteiger partial charge in [-0.3, -0.25) is 0 Å². The maximum atomic E-state index is 12.7. The van der Waals surface area contributed by atoms with Gasteiger partial charge in [0.1, 0.15) is 6.07 Å². The monoisotopic (exact) mass is 308 g/mol. The Morgan fingerprint density at radius 3 is 2.52 bits per heavy atom. The largest absolute Gasteiger partial charge is 0.416 e. The van der Waals surface area contributed by atoms with E-state index in [9.17, 15) is 13.2 Å². The lowest BCUT2D eigenvalue weighted by Gasteiger charge is -2.10. The van der Waals surface area contributed by atoms with Crippen LogP contribution in [0.15, 0.2) is 52.3 Å². The molecule has 2 aromatic carbocycles. The van der Waals surface area contributed by atoms with Gasteiger partial charge >= 0.3 is 6.18 Å². The van der Waals surface area contributed by atoms with E-state index in [0.717, 1.165) is 29.6 Å². The van der Waals surface area contributed by atoms with Gasteiger partial charge in [0, 0.05) is 22.5 Å². The molecule has 21 heavy (non-hydrogen) atoms. The molecule has 0 heterocycles. The molecule has 0 aliphatic rings. The third-order valence-corrected chi connectivity index (χ3v) is 3.84. The zero-order valence-electron chi connectivity index (χ0n) is 11.0. The summed E-state index contributed by atoms with van der Waals surface area (Å²) in [6.07, 6.45) is -4.37. The molecule has 0 atom stereocenters. The summed E-state index contributed by atoms with van der Waals surface area (Å²) in [6.45, 7) is 0. The van der Waals surface area contributed by atoms with Gasteiger partial charge in [0.2, 0.25) is 0 Å². The van der Waals surface area contributed by atoms with Crippen LogP contribution < -0.4 is 5.32 Å². The topological polar surface area (TPSA) is 35.8 Å². The Morgan fingerprint density at radius 1 is 1.14 bits per heavy atom. The molecular weight excluding hydrogens is 297 g/mol. The Morgan fingerprint density at radius 2 is 1.90 bits per heavy atom. The fraction of sp³-hybridized carbons (Fsp3) is 0.133. The fourth-order valence-corrected chi connectivity index (χ4v) is 2.66. The van der Waals surface area contributed by atoms with Crippen LogP contribution in [0, 0.1) is 11.3 Å². The minimum absolute atomic E-state index is 0.421. The number of benzene rings is 2. The standard InChI is InChI=1S/C15H11F3N2S/c1-20-12-5-6-14(10(7-12)9-19)21-13-4-2-3-11(8-13)15(16,17)18/h2-8,20H,1H3. The molecular formula is C15H11F3N2S. The van der Waals surface area contributed by atoms with E-state index < -0.39 is 11.7 Å². The maximum absolute atomic E-state index is 12.7. The predicted molar refractivity (Wildman–Crippen MR) is 76.3 cm³/mol. The average molecular weight is 308 g/mol. The van der Waals surface area contributed by atoms with Gasteiger partial charge in [0.15, 0.2) is 0 Å². The average Bonchev–Trinajstić information content (AvgIpc) is 2.47. The first-order valence-electron chi connectivity index (χ1n) is 6.01. The lowest BCUT2D eigenvalue weighted by Crippen LogP contribution is -2.04. The quantitative estimate of drug-likeness (QED) is 0.887.